The number of ether oxygens (including phenoxy) is 1. The Morgan fingerprint density at radius 1 is 1.00 bits per heavy atom. The molecule has 2 rings (SSSR count). The summed E-state index contributed by atoms with van der Waals surface area (Å²) in [6.45, 7) is 0. The Balaban J connectivity index is 2.30. The summed E-state index contributed by atoms with van der Waals surface area (Å²) in [4.78, 5) is 22.5. The van der Waals surface area contributed by atoms with Gasteiger partial charge in [0.25, 0.3) is 0 Å². The largest absolute Gasteiger partial charge is 0.481 e. The number of carboxylic acids is 1. The van der Waals surface area contributed by atoms with Crippen LogP contribution in [0, 0.1) is 17.8 Å². The van der Waals surface area contributed by atoms with E-state index in [1.807, 2.05) is 0 Å². The molecule has 4 nitrogen and oxygen atoms in total. The first kappa shape index (κ1) is 17.9. The van der Waals surface area contributed by atoms with Crippen LogP contribution in [0.25, 0.3) is 0 Å². The van der Waals surface area contributed by atoms with E-state index in [4.69, 9.17) is 5.11 Å². The highest BCUT2D eigenvalue weighted by Gasteiger charge is 2.75. The molecule has 2 aliphatic rings. The molecular weight excluding hydrogens is 334 g/mol. The number of fused-ring (bicyclic) bond motifs is 2. The highest BCUT2D eigenvalue weighted by atomic mass is 19.4. The predicted molar refractivity (Wildman–Crippen MR) is 62.1 cm³/mol. The van der Waals surface area contributed by atoms with Crippen LogP contribution in [0.15, 0.2) is 0 Å². The smallest absolute Gasteiger partial charge is 0.438 e. The number of hydrogen-bond acceptors (Lipinski definition) is 3. The maximum atomic E-state index is 13.0. The summed E-state index contributed by atoms with van der Waals surface area (Å²) in [6.07, 6.45) is -12.5. The van der Waals surface area contributed by atoms with Crippen molar-refractivity contribution in [2.75, 3.05) is 0 Å². The Morgan fingerprint density at radius 3 is 1.91 bits per heavy atom. The summed E-state index contributed by atoms with van der Waals surface area (Å²) in [5.74, 6) is -5.21. The van der Waals surface area contributed by atoms with Crippen LogP contribution in [0.4, 0.5) is 26.3 Å². The van der Waals surface area contributed by atoms with Crippen molar-refractivity contribution in [2.24, 2.45) is 17.8 Å². The third kappa shape index (κ3) is 3.12. The van der Waals surface area contributed by atoms with Crippen molar-refractivity contribution in [1.82, 2.24) is 0 Å². The third-order valence-corrected chi connectivity index (χ3v) is 4.63. The summed E-state index contributed by atoms with van der Waals surface area (Å²) in [5.41, 5.74) is -5.02. The zero-order valence-electron chi connectivity index (χ0n) is 11.7. The van der Waals surface area contributed by atoms with Gasteiger partial charge in [-0.15, -0.1) is 0 Å². The summed E-state index contributed by atoms with van der Waals surface area (Å²) in [5, 5.41) is 8.47. The van der Waals surface area contributed by atoms with E-state index in [0.29, 0.717) is 12.8 Å². The minimum Gasteiger partial charge on any atom is -0.481 e. The van der Waals surface area contributed by atoms with E-state index in [-0.39, 0.29) is 18.3 Å². The van der Waals surface area contributed by atoms with E-state index in [1.54, 1.807) is 0 Å². The number of carboxylic acid groups (broad SMARTS) is 1. The molecule has 0 amide bonds. The lowest BCUT2D eigenvalue weighted by Crippen LogP contribution is -2.61. The summed E-state index contributed by atoms with van der Waals surface area (Å²) >= 11 is 0. The molecule has 1 N–H and O–H groups in total. The Kier molecular flexibility index (Phi) is 4.31. The molecule has 0 heterocycles. The number of esters is 1. The minimum absolute atomic E-state index is 0.100. The van der Waals surface area contributed by atoms with Crippen LogP contribution in [0.3, 0.4) is 0 Å². The standard InChI is InChI=1S/C13H14F6O4/c14-12(15,16)11(5-9(20)21,13(17,18)19)23-10(22)8-4-6-1-2-7(8)3-6/h6-8H,1-5H2,(H,20,21). The maximum absolute atomic E-state index is 13.0. The first-order chi connectivity index (χ1) is 10.4. The minimum atomic E-state index is -6.09. The molecule has 132 valence electrons. The highest BCUT2D eigenvalue weighted by Crippen LogP contribution is 2.52. The number of alkyl halides is 6. The molecule has 0 aromatic rings. The molecule has 0 saturated heterocycles. The molecular formula is C13H14F6O4. The van der Waals surface area contributed by atoms with Gasteiger partial charge in [-0.2, -0.15) is 26.3 Å². The summed E-state index contributed by atoms with van der Waals surface area (Å²) in [6, 6.07) is 0. The number of carbonyl (C=O) groups excluding carboxylic acids is 1. The van der Waals surface area contributed by atoms with E-state index in [1.165, 1.54) is 0 Å². The van der Waals surface area contributed by atoms with Crippen LogP contribution in [-0.4, -0.2) is 35.0 Å². The summed E-state index contributed by atoms with van der Waals surface area (Å²) < 4.78 is 81.9. The van der Waals surface area contributed by atoms with E-state index in [9.17, 15) is 35.9 Å². The zero-order valence-corrected chi connectivity index (χ0v) is 11.7. The lowest BCUT2D eigenvalue weighted by atomic mass is 9.88. The fraction of sp³-hybridized carbons (Fsp3) is 0.846. The Hall–Kier alpha value is -1.48. The molecule has 3 atom stereocenters. The second kappa shape index (κ2) is 5.55. The van der Waals surface area contributed by atoms with Crippen LogP contribution >= 0.6 is 0 Å². The van der Waals surface area contributed by atoms with Crippen LogP contribution < -0.4 is 0 Å². The maximum Gasteiger partial charge on any atom is 0.438 e. The van der Waals surface area contributed by atoms with Crippen molar-refractivity contribution in [3.8, 4) is 0 Å². The van der Waals surface area contributed by atoms with Gasteiger partial charge < -0.3 is 9.84 Å². The molecule has 0 spiro atoms. The van der Waals surface area contributed by atoms with Crippen molar-refractivity contribution in [2.45, 2.75) is 50.1 Å². The lowest BCUT2D eigenvalue weighted by Gasteiger charge is -2.36. The van der Waals surface area contributed by atoms with Gasteiger partial charge in [-0.05, 0) is 31.1 Å². The Morgan fingerprint density at radius 2 is 1.57 bits per heavy atom. The second-order valence-corrected chi connectivity index (χ2v) is 6.10. The van der Waals surface area contributed by atoms with E-state index in [2.05, 4.69) is 4.74 Å². The van der Waals surface area contributed by atoms with Gasteiger partial charge in [-0.3, -0.25) is 9.59 Å². The molecule has 2 fully saturated rings. The number of carbonyl (C=O) groups is 2. The molecule has 2 saturated carbocycles. The van der Waals surface area contributed by atoms with E-state index in [0.717, 1.165) is 6.42 Å². The average Bonchev–Trinajstić information content (AvgIpc) is 2.96. The Labute approximate surface area is 126 Å². The van der Waals surface area contributed by atoms with Crippen LogP contribution in [-0.2, 0) is 14.3 Å². The molecule has 3 unspecified atom stereocenters. The van der Waals surface area contributed by atoms with Crippen molar-refractivity contribution < 1.29 is 45.8 Å². The molecule has 2 bridgehead atoms. The van der Waals surface area contributed by atoms with E-state index < -0.39 is 42.2 Å². The van der Waals surface area contributed by atoms with Crippen LogP contribution in [0.1, 0.15) is 32.1 Å². The zero-order chi connectivity index (χ0) is 17.6. The summed E-state index contributed by atoms with van der Waals surface area (Å²) in [7, 11) is 0. The van der Waals surface area contributed by atoms with Gasteiger partial charge in [0.15, 0.2) is 0 Å². The second-order valence-electron chi connectivity index (χ2n) is 6.10. The van der Waals surface area contributed by atoms with Crippen LogP contribution in [0.2, 0.25) is 0 Å². The fourth-order valence-corrected chi connectivity index (χ4v) is 3.51. The highest BCUT2D eigenvalue weighted by molar-refractivity contribution is 5.75. The number of halogens is 6. The van der Waals surface area contributed by atoms with Gasteiger partial charge in [-0.1, -0.05) is 6.42 Å². The SMILES string of the molecule is O=C(O)CC(OC(=O)C1CC2CCC1C2)(C(F)(F)F)C(F)(F)F. The van der Waals surface area contributed by atoms with Gasteiger partial charge in [0.2, 0.25) is 0 Å². The van der Waals surface area contributed by atoms with Gasteiger partial charge in [-0.25, -0.2) is 0 Å². The molecule has 0 radical (unpaired) electrons. The lowest BCUT2D eigenvalue weighted by molar-refractivity contribution is -0.370. The number of rotatable bonds is 4. The first-order valence-corrected chi connectivity index (χ1v) is 6.95. The van der Waals surface area contributed by atoms with Gasteiger partial charge >= 0.3 is 29.9 Å². The molecule has 10 heteroatoms. The van der Waals surface area contributed by atoms with Crippen molar-refractivity contribution in [1.29, 1.82) is 0 Å². The molecule has 23 heavy (non-hydrogen) atoms. The number of aliphatic carboxylic acids is 1. The van der Waals surface area contributed by atoms with Crippen molar-refractivity contribution >= 4 is 11.9 Å². The molecule has 0 aromatic heterocycles. The van der Waals surface area contributed by atoms with Gasteiger partial charge in [0, 0.05) is 0 Å². The van der Waals surface area contributed by atoms with E-state index >= 15 is 0 Å². The van der Waals surface area contributed by atoms with Gasteiger partial charge in [0.1, 0.15) is 6.42 Å². The quantitative estimate of drug-likeness (QED) is 0.625. The van der Waals surface area contributed by atoms with Gasteiger partial charge in [0.05, 0.1) is 5.92 Å². The average molecular weight is 348 g/mol. The molecule has 2 aliphatic carbocycles. The monoisotopic (exact) mass is 348 g/mol. The number of hydrogen-bond donors (Lipinski definition) is 1. The van der Waals surface area contributed by atoms with Crippen molar-refractivity contribution in [3.63, 3.8) is 0 Å². The molecule has 0 aliphatic heterocycles. The van der Waals surface area contributed by atoms with Crippen molar-refractivity contribution in [3.05, 3.63) is 0 Å². The third-order valence-electron chi connectivity index (χ3n) is 4.63. The predicted octanol–water partition coefficient (Wildman–Crippen LogP) is 3.30. The first-order valence-electron chi connectivity index (χ1n) is 6.95. The molecule has 0 aromatic carbocycles. The fourth-order valence-electron chi connectivity index (χ4n) is 3.51. The topological polar surface area (TPSA) is 63.6 Å². The van der Waals surface area contributed by atoms with Crippen LogP contribution in [0.5, 0.6) is 0 Å². The normalized spacial score (nSPS) is 28.0. The Bertz CT molecular complexity index is 484.